The number of hydrogen-bond acceptors (Lipinski definition) is 2. The summed E-state index contributed by atoms with van der Waals surface area (Å²) in [5.41, 5.74) is 0.822. The van der Waals surface area contributed by atoms with Gasteiger partial charge in [-0.3, -0.25) is 0 Å². The summed E-state index contributed by atoms with van der Waals surface area (Å²) in [4.78, 5) is 11.7. The monoisotopic (exact) mass is 242 g/mol. The van der Waals surface area contributed by atoms with Gasteiger partial charge in [0, 0.05) is 11.9 Å². The summed E-state index contributed by atoms with van der Waals surface area (Å²) in [6.07, 6.45) is 0.197. The van der Waals surface area contributed by atoms with Crippen molar-refractivity contribution in [3.05, 3.63) is 42.5 Å². The molecule has 0 aliphatic carbocycles. The van der Waals surface area contributed by atoms with Crippen LogP contribution in [0.3, 0.4) is 0 Å². The molecule has 1 heterocycles. The molecule has 0 saturated carbocycles. The Hall–Kier alpha value is -2.07. The number of rotatable bonds is 3. The zero-order valence-electron chi connectivity index (χ0n) is 9.85. The molecule has 0 spiro atoms. The molecule has 0 radical (unpaired) electrons. The molecule has 0 aromatic heterocycles. The van der Waals surface area contributed by atoms with Crippen LogP contribution in [0.15, 0.2) is 42.5 Å². The lowest BCUT2D eigenvalue weighted by molar-refractivity contribution is 0.250. The average molecular weight is 242 g/mol. The van der Waals surface area contributed by atoms with Crippen molar-refractivity contribution in [1.82, 2.24) is 5.32 Å². The van der Waals surface area contributed by atoms with Gasteiger partial charge in [0.1, 0.15) is 0 Å². The zero-order chi connectivity index (χ0) is 12.4. The van der Waals surface area contributed by atoms with E-state index < -0.39 is 0 Å². The maximum atomic E-state index is 11.7. The molecule has 1 atom stereocenters. The summed E-state index contributed by atoms with van der Waals surface area (Å²) >= 11 is 0. The highest BCUT2D eigenvalue weighted by Crippen LogP contribution is 2.22. The van der Waals surface area contributed by atoms with Crippen LogP contribution >= 0.6 is 0 Å². The average Bonchev–Trinajstić information content (AvgIpc) is 3.21. The highest BCUT2D eigenvalue weighted by molar-refractivity contribution is 6.01. The number of amides is 2. The van der Waals surface area contributed by atoms with E-state index in [1.54, 1.807) is 0 Å². The van der Waals surface area contributed by atoms with Crippen molar-refractivity contribution in [3.63, 3.8) is 0 Å². The predicted molar refractivity (Wildman–Crippen MR) is 70.7 cm³/mol. The van der Waals surface area contributed by atoms with Gasteiger partial charge >= 0.3 is 6.03 Å². The van der Waals surface area contributed by atoms with E-state index in [1.165, 1.54) is 0 Å². The summed E-state index contributed by atoms with van der Waals surface area (Å²) in [5.74, 6) is 0. The van der Waals surface area contributed by atoms with Gasteiger partial charge in [-0.1, -0.05) is 36.4 Å². The van der Waals surface area contributed by atoms with Gasteiger partial charge in [-0.2, -0.15) is 0 Å². The number of carbonyl (C=O) groups is 1. The Kier molecular flexibility index (Phi) is 2.86. The smallest absolute Gasteiger partial charge is 0.319 e. The third-order valence-corrected chi connectivity index (χ3v) is 2.93. The molecular formula is C14H14N2O2. The Bertz CT molecular complexity index is 574. The second-order valence-corrected chi connectivity index (χ2v) is 4.32. The molecule has 4 nitrogen and oxygen atoms in total. The quantitative estimate of drug-likeness (QED) is 0.812. The van der Waals surface area contributed by atoms with Crippen molar-refractivity contribution >= 4 is 22.5 Å². The Labute approximate surface area is 105 Å². The van der Waals surface area contributed by atoms with E-state index in [-0.39, 0.29) is 12.1 Å². The summed E-state index contributed by atoms with van der Waals surface area (Å²) in [5, 5.41) is 7.80. The van der Waals surface area contributed by atoms with E-state index in [2.05, 4.69) is 10.6 Å². The summed E-state index contributed by atoms with van der Waals surface area (Å²) in [6, 6.07) is 13.6. The minimum absolute atomic E-state index is 0.193. The molecule has 1 aliphatic heterocycles. The molecule has 2 N–H and O–H groups in total. The van der Waals surface area contributed by atoms with Gasteiger partial charge in [-0.15, -0.1) is 0 Å². The molecule has 2 aromatic carbocycles. The maximum absolute atomic E-state index is 11.7. The Morgan fingerprint density at radius 3 is 2.83 bits per heavy atom. The maximum Gasteiger partial charge on any atom is 0.319 e. The molecule has 0 unspecified atom stereocenters. The molecule has 1 fully saturated rings. The van der Waals surface area contributed by atoms with Crippen molar-refractivity contribution in [1.29, 1.82) is 0 Å². The first-order valence-corrected chi connectivity index (χ1v) is 5.97. The van der Waals surface area contributed by atoms with Crippen molar-refractivity contribution in [3.8, 4) is 0 Å². The van der Waals surface area contributed by atoms with E-state index in [0.29, 0.717) is 6.54 Å². The number of nitrogens with one attached hydrogen (secondary N) is 2. The number of hydrogen-bond donors (Lipinski definition) is 2. The van der Waals surface area contributed by atoms with E-state index in [0.717, 1.165) is 23.1 Å². The number of benzene rings is 2. The molecule has 0 bridgehead atoms. The standard InChI is InChI=1S/C14H14N2O2/c17-14(15-8-11-9-18-11)16-13-7-3-5-10-4-1-2-6-12(10)13/h1-7,11H,8-9H2,(H2,15,16,17)/t11-/m0/s1. The number of urea groups is 1. The molecule has 4 heteroatoms. The fraction of sp³-hybridized carbons (Fsp3) is 0.214. The molecule has 2 aromatic rings. The van der Waals surface area contributed by atoms with E-state index >= 15 is 0 Å². The van der Waals surface area contributed by atoms with E-state index in [9.17, 15) is 4.79 Å². The largest absolute Gasteiger partial charge is 0.371 e. The first-order chi connectivity index (χ1) is 8.83. The fourth-order valence-corrected chi connectivity index (χ4v) is 1.89. The number of fused-ring (bicyclic) bond motifs is 1. The first kappa shape index (κ1) is 11.0. The van der Waals surface area contributed by atoms with Gasteiger partial charge < -0.3 is 15.4 Å². The van der Waals surface area contributed by atoms with Gasteiger partial charge in [0.2, 0.25) is 0 Å². The lowest BCUT2D eigenvalue weighted by Gasteiger charge is -2.09. The van der Waals surface area contributed by atoms with Crippen LogP contribution in [0.1, 0.15) is 0 Å². The van der Waals surface area contributed by atoms with Crippen LogP contribution in [0.4, 0.5) is 10.5 Å². The molecule has 1 aliphatic rings. The SMILES string of the molecule is O=C(NC[C@H]1CO1)Nc1cccc2ccccc12. The zero-order valence-corrected chi connectivity index (χ0v) is 9.85. The number of ether oxygens (including phenoxy) is 1. The Morgan fingerprint density at radius 2 is 2.00 bits per heavy atom. The van der Waals surface area contributed by atoms with Gasteiger partial charge in [0.25, 0.3) is 0 Å². The van der Waals surface area contributed by atoms with Gasteiger partial charge in [0.05, 0.1) is 18.4 Å². The summed E-state index contributed by atoms with van der Waals surface area (Å²) in [6.45, 7) is 1.31. The van der Waals surface area contributed by atoms with Gasteiger partial charge in [-0.25, -0.2) is 4.79 Å². The fourth-order valence-electron chi connectivity index (χ4n) is 1.89. The predicted octanol–water partition coefficient (Wildman–Crippen LogP) is 2.36. The Balaban J connectivity index is 1.74. The van der Waals surface area contributed by atoms with Gasteiger partial charge in [-0.05, 0) is 11.5 Å². The summed E-state index contributed by atoms with van der Waals surface area (Å²) in [7, 11) is 0. The first-order valence-electron chi connectivity index (χ1n) is 5.97. The number of epoxide rings is 1. The van der Waals surface area contributed by atoms with Crippen LogP contribution in [0.25, 0.3) is 10.8 Å². The second kappa shape index (κ2) is 4.66. The molecule has 1 saturated heterocycles. The molecule has 18 heavy (non-hydrogen) atoms. The highest BCUT2D eigenvalue weighted by Gasteiger charge is 2.22. The molecule has 2 amide bonds. The minimum atomic E-state index is -0.193. The lowest BCUT2D eigenvalue weighted by atomic mass is 10.1. The van der Waals surface area contributed by atoms with Gasteiger partial charge in [0.15, 0.2) is 0 Å². The molecule has 92 valence electrons. The van der Waals surface area contributed by atoms with Crippen molar-refractivity contribution < 1.29 is 9.53 Å². The van der Waals surface area contributed by atoms with Crippen LogP contribution in [0.5, 0.6) is 0 Å². The lowest BCUT2D eigenvalue weighted by Crippen LogP contribution is -2.31. The number of anilines is 1. The van der Waals surface area contributed by atoms with Crippen molar-refractivity contribution in [2.75, 3.05) is 18.5 Å². The van der Waals surface area contributed by atoms with Crippen LogP contribution in [-0.2, 0) is 4.74 Å². The van der Waals surface area contributed by atoms with Crippen molar-refractivity contribution in [2.45, 2.75) is 6.10 Å². The molecular weight excluding hydrogens is 228 g/mol. The third-order valence-electron chi connectivity index (χ3n) is 2.93. The highest BCUT2D eigenvalue weighted by atomic mass is 16.6. The van der Waals surface area contributed by atoms with E-state index in [4.69, 9.17) is 4.74 Å². The Morgan fingerprint density at radius 1 is 1.22 bits per heavy atom. The molecule has 3 rings (SSSR count). The summed E-state index contributed by atoms with van der Waals surface area (Å²) < 4.78 is 5.04. The van der Waals surface area contributed by atoms with Crippen LogP contribution in [-0.4, -0.2) is 25.3 Å². The number of carbonyl (C=O) groups excluding carboxylic acids is 1. The second-order valence-electron chi connectivity index (χ2n) is 4.32. The normalized spacial score (nSPS) is 17.4. The van der Waals surface area contributed by atoms with E-state index in [1.807, 2.05) is 42.5 Å². The minimum Gasteiger partial charge on any atom is -0.371 e. The third kappa shape index (κ3) is 2.43. The topological polar surface area (TPSA) is 53.7 Å². The van der Waals surface area contributed by atoms with Crippen molar-refractivity contribution in [2.24, 2.45) is 0 Å². The van der Waals surface area contributed by atoms with Crippen LogP contribution in [0, 0.1) is 0 Å². The van der Waals surface area contributed by atoms with Crippen LogP contribution < -0.4 is 10.6 Å². The van der Waals surface area contributed by atoms with Crippen LogP contribution in [0.2, 0.25) is 0 Å².